The van der Waals surface area contributed by atoms with Crippen LogP contribution in [0.5, 0.6) is 0 Å². The molecule has 0 saturated heterocycles. The molecular weight excluding hydrogens is 302 g/mol. The smallest absolute Gasteiger partial charge is 0.224 e. The number of benzene rings is 2. The van der Waals surface area contributed by atoms with E-state index in [4.69, 9.17) is 9.15 Å². The minimum absolute atomic E-state index is 0.0358. The third-order valence-corrected chi connectivity index (χ3v) is 3.92. The molecule has 2 aromatic carbocycles. The number of para-hydroxylation sites is 1. The van der Waals surface area contributed by atoms with Gasteiger partial charge in [-0.3, -0.25) is 4.79 Å². The molecule has 24 heavy (non-hydrogen) atoms. The van der Waals surface area contributed by atoms with Crippen LogP contribution in [0.25, 0.3) is 11.0 Å². The van der Waals surface area contributed by atoms with Gasteiger partial charge < -0.3 is 14.5 Å². The van der Waals surface area contributed by atoms with Crippen molar-refractivity contribution in [3.8, 4) is 0 Å². The highest BCUT2D eigenvalue weighted by Crippen LogP contribution is 2.21. The molecule has 3 rings (SSSR count). The van der Waals surface area contributed by atoms with Crippen molar-refractivity contribution in [2.45, 2.75) is 19.4 Å². The third kappa shape index (κ3) is 3.84. The molecule has 1 amide bonds. The van der Waals surface area contributed by atoms with Crippen molar-refractivity contribution in [2.24, 2.45) is 0 Å². The second kappa shape index (κ2) is 7.79. The summed E-state index contributed by atoms with van der Waals surface area (Å²) in [6.45, 7) is 2.28. The molecule has 0 saturated carbocycles. The first-order valence-electron chi connectivity index (χ1n) is 7.90. The molecule has 0 aliphatic carbocycles. The molecule has 0 bridgehead atoms. The molecule has 1 heterocycles. The van der Waals surface area contributed by atoms with E-state index in [1.54, 1.807) is 19.9 Å². The number of nitrogens with one attached hydrogen (secondary N) is 1. The second-order valence-electron chi connectivity index (χ2n) is 5.61. The van der Waals surface area contributed by atoms with Crippen LogP contribution >= 0.6 is 0 Å². The lowest BCUT2D eigenvalue weighted by molar-refractivity contribution is -0.119. The second-order valence-corrected chi connectivity index (χ2v) is 5.61. The zero-order valence-electron chi connectivity index (χ0n) is 13.6. The molecule has 4 nitrogen and oxygen atoms in total. The van der Waals surface area contributed by atoms with E-state index < -0.39 is 0 Å². The van der Waals surface area contributed by atoms with Gasteiger partial charge in [-0.05, 0) is 23.6 Å². The zero-order valence-corrected chi connectivity index (χ0v) is 13.6. The van der Waals surface area contributed by atoms with Crippen LogP contribution in [-0.2, 0) is 29.0 Å². The summed E-state index contributed by atoms with van der Waals surface area (Å²) in [6, 6.07) is 15.7. The van der Waals surface area contributed by atoms with E-state index in [2.05, 4.69) is 5.32 Å². The molecule has 1 N–H and O–H groups in total. The number of ether oxygens (including phenoxy) is 1. The van der Waals surface area contributed by atoms with Gasteiger partial charge in [0.15, 0.2) is 0 Å². The summed E-state index contributed by atoms with van der Waals surface area (Å²) in [4.78, 5) is 12.2. The lowest BCUT2D eigenvalue weighted by atomic mass is 10.0. The first-order chi connectivity index (χ1) is 11.8. The summed E-state index contributed by atoms with van der Waals surface area (Å²) >= 11 is 0. The van der Waals surface area contributed by atoms with Gasteiger partial charge in [-0.15, -0.1) is 0 Å². The average molecular weight is 322 g/mol. The SMILES string of the molecule is COCc1ccccc1CC(=O)N[CH]Cc1coc2ccccc12. The van der Waals surface area contributed by atoms with Crippen molar-refractivity contribution in [1.29, 1.82) is 0 Å². The van der Waals surface area contributed by atoms with Gasteiger partial charge in [0.2, 0.25) is 5.91 Å². The van der Waals surface area contributed by atoms with Gasteiger partial charge in [0.05, 0.1) is 25.8 Å². The Morgan fingerprint density at radius 1 is 1.08 bits per heavy atom. The monoisotopic (exact) mass is 322 g/mol. The van der Waals surface area contributed by atoms with E-state index in [1.807, 2.05) is 48.5 Å². The number of hydrogen-bond acceptors (Lipinski definition) is 3. The number of fused-ring (bicyclic) bond motifs is 1. The molecule has 0 unspecified atom stereocenters. The summed E-state index contributed by atoms with van der Waals surface area (Å²) in [5.74, 6) is -0.0358. The van der Waals surface area contributed by atoms with E-state index in [-0.39, 0.29) is 5.91 Å². The molecule has 0 fully saturated rings. The predicted molar refractivity (Wildman–Crippen MR) is 93.2 cm³/mol. The Balaban J connectivity index is 1.55. The van der Waals surface area contributed by atoms with Crippen LogP contribution < -0.4 is 5.32 Å². The van der Waals surface area contributed by atoms with Gasteiger partial charge in [-0.25, -0.2) is 0 Å². The molecule has 4 heteroatoms. The first-order valence-corrected chi connectivity index (χ1v) is 7.90. The van der Waals surface area contributed by atoms with Crippen molar-refractivity contribution < 1.29 is 13.9 Å². The number of methoxy groups -OCH3 is 1. The Morgan fingerprint density at radius 3 is 2.67 bits per heavy atom. The van der Waals surface area contributed by atoms with Crippen LogP contribution in [0.15, 0.2) is 59.2 Å². The Morgan fingerprint density at radius 2 is 1.83 bits per heavy atom. The van der Waals surface area contributed by atoms with Crippen molar-refractivity contribution >= 4 is 16.9 Å². The summed E-state index contributed by atoms with van der Waals surface area (Å²) in [5, 5.41) is 3.93. The number of carbonyl (C=O) groups excluding carboxylic acids is 1. The van der Waals surface area contributed by atoms with Crippen LogP contribution in [0.4, 0.5) is 0 Å². The highest BCUT2D eigenvalue weighted by atomic mass is 16.5. The number of furan rings is 1. The van der Waals surface area contributed by atoms with E-state index in [9.17, 15) is 4.79 Å². The minimum atomic E-state index is -0.0358. The average Bonchev–Trinajstić information content (AvgIpc) is 3.00. The minimum Gasteiger partial charge on any atom is -0.464 e. The normalized spacial score (nSPS) is 10.9. The van der Waals surface area contributed by atoms with Gasteiger partial charge in [0.1, 0.15) is 5.58 Å². The fourth-order valence-corrected chi connectivity index (χ4v) is 2.72. The van der Waals surface area contributed by atoms with E-state index >= 15 is 0 Å². The standard InChI is InChI=1S/C20H20NO3/c1-23-13-16-7-3-2-6-15(16)12-20(22)21-11-10-17-14-24-19-9-5-4-8-18(17)19/h2-9,11,14H,10,12-13H2,1H3,(H,21,22). The molecule has 0 aliphatic rings. The highest BCUT2D eigenvalue weighted by Gasteiger charge is 2.09. The van der Waals surface area contributed by atoms with Gasteiger partial charge in [-0.1, -0.05) is 42.5 Å². The molecule has 0 aliphatic heterocycles. The summed E-state index contributed by atoms with van der Waals surface area (Å²) in [7, 11) is 1.65. The highest BCUT2D eigenvalue weighted by molar-refractivity contribution is 5.82. The Hall–Kier alpha value is -2.59. The molecule has 3 aromatic rings. The number of amides is 1. The molecular formula is C20H20NO3. The molecule has 1 aromatic heterocycles. The topological polar surface area (TPSA) is 51.5 Å². The Bertz CT molecular complexity index is 822. The van der Waals surface area contributed by atoms with Gasteiger partial charge in [-0.2, -0.15) is 0 Å². The third-order valence-electron chi connectivity index (χ3n) is 3.92. The number of rotatable bonds is 7. The predicted octanol–water partition coefficient (Wildman–Crippen LogP) is 3.64. The maximum Gasteiger partial charge on any atom is 0.224 e. The van der Waals surface area contributed by atoms with Crippen molar-refractivity contribution in [3.05, 3.63) is 78.0 Å². The van der Waals surface area contributed by atoms with Crippen molar-refractivity contribution in [1.82, 2.24) is 5.32 Å². The zero-order chi connectivity index (χ0) is 16.8. The number of carbonyl (C=O) groups is 1. The summed E-state index contributed by atoms with van der Waals surface area (Å²) in [5.41, 5.74) is 3.95. The summed E-state index contributed by atoms with van der Waals surface area (Å²) < 4.78 is 10.7. The molecule has 123 valence electrons. The van der Waals surface area contributed by atoms with E-state index in [0.29, 0.717) is 19.4 Å². The molecule has 1 radical (unpaired) electrons. The van der Waals surface area contributed by atoms with Gasteiger partial charge >= 0.3 is 0 Å². The van der Waals surface area contributed by atoms with Crippen molar-refractivity contribution in [2.75, 3.05) is 7.11 Å². The van der Waals surface area contributed by atoms with Crippen LogP contribution in [0.2, 0.25) is 0 Å². The Labute approximate surface area is 141 Å². The fraction of sp³-hybridized carbons (Fsp3) is 0.200. The van der Waals surface area contributed by atoms with Gasteiger partial charge in [0, 0.05) is 18.1 Å². The van der Waals surface area contributed by atoms with Crippen LogP contribution in [-0.4, -0.2) is 13.0 Å². The lowest BCUT2D eigenvalue weighted by Gasteiger charge is -2.09. The van der Waals surface area contributed by atoms with Crippen LogP contribution in [0.1, 0.15) is 16.7 Å². The Kier molecular flexibility index (Phi) is 5.29. The lowest BCUT2D eigenvalue weighted by Crippen LogP contribution is -2.23. The quantitative estimate of drug-likeness (QED) is 0.722. The summed E-state index contributed by atoms with van der Waals surface area (Å²) in [6.07, 6.45) is 2.70. The number of hydrogen-bond donors (Lipinski definition) is 1. The fourth-order valence-electron chi connectivity index (χ4n) is 2.72. The van der Waals surface area contributed by atoms with Crippen molar-refractivity contribution in [3.63, 3.8) is 0 Å². The van der Waals surface area contributed by atoms with E-state index in [0.717, 1.165) is 27.7 Å². The maximum absolute atomic E-state index is 12.2. The molecule has 0 atom stereocenters. The largest absolute Gasteiger partial charge is 0.464 e. The van der Waals surface area contributed by atoms with E-state index in [1.165, 1.54) is 0 Å². The maximum atomic E-state index is 12.2. The molecule has 0 spiro atoms. The van der Waals surface area contributed by atoms with Crippen LogP contribution in [0, 0.1) is 6.54 Å². The first kappa shape index (κ1) is 16.3. The van der Waals surface area contributed by atoms with Crippen LogP contribution in [0.3, 0.4) is 0 Å². The van der Waals surface area contributed by atoms with Gasteiger partial charge in [0.25, 0.3) is 0 Å².